The Morgan fingerprint density at radius 3 is 2.75 bits per heavy atom. The molecule has 28 heavy (non-hydrogen) atoms. The molecule has 0 saturated heterocycles. The van der Waals surface area contributed by atoms with Crippen LogP contribution in [-0.2, 0) is 7.05 Å². The van der Waals surface area contributed by atoms with Crippen LogP contribution in [-0.4, -0.2) is 35.9 Å². The molecule has 1 N–H and O–H groups in total. The molecule has 2 aromatic carbocycles. The Kier molecular flexibility index (Phi) is 4.53. The van der Waals surface area contributed by atoms with Crippen molar-refractivity contribution in [2.24, 2.45) is 7.05 Å². The highest BCUT2D eigenvalue weighted by molar-refractivity contribution is 7.07. The maximum Gasteiger partial charge on any atom is 0.353 e. The number of hydrogen-bond acceptors (Lipinski definition) is 8. The van der Waals surface area contributed by atoms with E-state index in [0.717, 1.165) is 11.5 Å². The average Bonchev–Trinajstić information content (AvgIpc) is 3.27. The van der Waals surface area contributed by atoms with Gasteiger partial charge in [0.05, 0.1) is 12.8 Å². The van der Waals surface area contributed by atoms with Gasteiger partial charge in [-0.15, -0.1) is 5.10 Å². The van der Waals surface area contributed by atoms with Gasteiger partial charge >= 0.3 is 11.7 Å². The summed E-state index contributed by atoms with van der Waals surface area (Å²) in [6.07, 6.45) is 0. The number of aromatic nitrogens is 5. The minimum absolute atomic E-state index is 0.128. The fourth-order valence-corrected chi connectivity index (χ4v) is 3.18. The van der Waals surface area contributed by atoms with Crippen molar-refractivity contribution < 1.29 is 14.6 Å². The van der Waals surface area contributed by atoms with Gasteiger partial charge in [0.1, 0.15) is 5.75 Å². The lowest BCUT2D eigenvalue weighted by atomic mass is 10.2. The number of methoxy groups -OCH3 is 1. The molecule has 0 saturated carbocycles. The number of nitrogens with zero attached hydrogens (tertiary/aromatic N) is 5. The third-order valence-corrected chi connectivity index (χ3v) is 4.49. The Bertz CT molecular complexity index is 1200. The van der Waals surface area contributed by atoms with E-state index in [0.29, 0.717) is 28.0 Å². The molecular formula is C18H15N5O4S. The number of benzene rings is 2. The van der Waals surface area contributed by atoms with Gasteiger partial charge in [0.2, 0.25) is 0 Å². The van der Waals surface area contributed by atoms with Gasteiger partial charge in [-0.1, -0.05) is 24.3 Å². The molecule has 4 rings (SSSR count). The molecule has 0 aliphatic heterocycles. The molecule has 4 aromatic rings. The Morgan fingerprint density at radius 2 is 1.96 bits per heavy atom. The number of phenols is 1. The summed E-state index contributed by atoms with van der Waals surface area (Å²) in [4.78, 5) is 16.8. The van der Waals surface area contributed by atoms with Crippen LogP contribution in [0.15, 0.2) is 53.3 Å². The Balaban J connectivity index is 1.71. The molecule has 0 spiro atoms. The van der Waals surface area contributed by atoms with Gasteiger partial charge in [-0.25, -0.2) is 14.0 Å². The molecule has 0 radical (unpaired) electrons. The van der Waals surface area contributed by atoms with E-state index in [-0.39, 0.29) is 17.4 Å². The smallest absolute Gasteiger partial charge is 0.353 e. The zero-order chi connectivity index (χ0) is 19.7. The number of aromatic hydroxyl groups is 1. The van der Waals surface area contributed by atoms with Crippen molar-refractivity contribution in [1.82, 2.24) is 23.7 Å². The zero-order valence-corrected chi connectivity index (χ0v) is 15.8. The molecular weight excluding hydrogens is 382 g/mol. The van der Waals surface area contributed by atoms with E-state index >= 15 is 0 Å². The van der Waals surface area contributed by atoms with Crippen molar-refractivity contribution in [2.75, 3.05) is 7.11 Å². The number of para-hydroxylation sites is 2. The molecule has 0 bridgehead atoms. The second-order valence-corrected chi connectivity index (χ2v) is 6.45. The normalized spacial score (nSPS) is 10.8. The lowest BCUT2D eigenvalue weighted by Gasteiger charge is -2.09. The van der Waals surface area contributed by atoms with E-state index in [9.17, 15) is 9.90 Å². The van der Waals surface area contributed by atoms with Crippen LogP contribution in [0.5, 0.6) is 22.7 Å². The summed E-state index contributed by atoms with van der Waals surface area (Å²) in [5, 5.41) is 14.0. The van der Waals surface area contributed by atoms with Gasteiger partial charge in [0.15, 0.2) is 11.6 Å². The Morgan fingerprint density at radius 1 is 1.14 bits per heavy atom. The number of aryl methyl sites for hydroxylation is 1. The SMILES string of the molecule is COc1nn(C)c(=O)n1-c1ccccc1Oc1nc(-c2cccc(O)c2)ns1. The molecule has 0 atom stereocenters. The lowest BCUT2D eigenvalue weighted by Crippen LogP contribution is -2.22. The third kappa shape index (κ3) is 3.21. The van der Waals surface area contributed by atoms with Crippen molar-refractivity contribution >= 4 is 11.5 Å². The first kappa shape index (κ1) is 17.7. The van der Waals surface area contributed by atoms with Crippen LogP contribution in [0.4, 0.5) is 0 Å². The molecule has 142 valence electrons. The molecule has 0 aliphatic rings. The van der Waals surface area contributed by atoms with E-state index in [1.807, 2.05) is 0 Å². The molecule has 0 unspecified atom stereocenters. The van der Waals surface area contributed by atoms with Crippen LogP contribution < -0.4 is 15.2 Å². The number of hydrogen-bond donors (Lipinski definition) is 1. The van der Waals surface area contributed by atoms with Crippen LogP contribution in [0.25, 0.3) is 17.1 Å². The summed E-state index contributed by atoms with van der Waals surface area (Å²) in [6, 6.07) is 13.8. The predicted molar refractivity (Wildman–Crippen MR) is 102 cm³/mol. The highest BCUT2D eigenvalue weighted by Gasteiger charge is 2.18. The summed E-state index contributed by atoms with van der Waals surface area (Å²) >= 11 is 1.06. The molecule has 0 aliphatic carbocycles. The summed E-state index contributed by atoms with van der Waals surface area (Å²) in [6.45, 7) is 0. The first-order valence-corrected chi connectivity index (χ1v) is 8.94. The number of ether oxygens (including phenoxy) is 2. The zero-order valence-electron chi connectivity index (χ0n) is 14.9. The van der Waals surface area contributed by atoms with Gasteiger partial charge < -0.3 is 14.6 Å². The minimum atomic E-state index is -0.370. The highest BCUT2D eigenvalue weighted by atomic mass is 32.1. The first-order valence-electron chi connectivity index (χ1n) is 8.17. The van der Waals surface area contributed by atoms with Crippen molar-refractivity contribution in [2.45, 2.75) is 0 Å². The van der Waals surface area contributed by atoms with E-state index in [1.54, 1.807) is 48.5 Å². The molecule has 10 heteroatoms. The van der Waals surface area contributed by atoms with Gasteiger partial charge in [-0.3, -0.25) is 0 Å². The Hall–Kier alpha value is -3.66. The quantitative estimate of drug-likeness (QED) is 0.552. The van der Waals surface area contributed by atoms with Crippen molar-refractivity contribution in [1.29, 1.82) is 0 Å². The summed E-state index contributed by atoms with van der Waals surface area (Å²) in [7, 11) is 2.98. The molecule has 9 nitrogen and oxygen atoms in total. The van der Waals surface area contributed by atoms with Gasteiger partial charge in [0, 0.05) is 24.1 Å². The second-order valence-electron chi connectivity index (χ2n) is 5.73. The standard InChI is InChI=1S/C18H15N5O4S/c1-22-18(25)23(16(20-22)26-2)13-8-3-4-9-14(13)27-17-19-15(21-28-17)11-6-5-7-12(24)10-11/h3-10,24H,1-2H3. The average molecular weight is 397 g/mol. The number of phenolic OH excluding ortho intramolecular Hbond substituents is 1. The van der Waals surface area contributed by atoms with Crippen LogP contribution in [0.1, 0.15) is 0 Å². The molecule has 0 amide bonds. The maximum absolute atomic E-state index is 12.5. The summed E-state index contributed by atoms with van der Waals surface area (Å²) < 4.78 is 17.9. The van der Waals surface area contributed by atoms with E-state index in [4.69, 9.17) is 9.47 Å². The molecule has 2 aromatic heterocycles. The monoisotopic (exact) mass is 397 g/mol. The fourth-order valence-electron chi connectivity index (χ4n) is 2.62. The summed E-state index contributed by atoms with van der Waals surface area (Å²) in [5.74, 6) is 0.960. The van der Waals surface area contributed by atoms with E-state index in [2.05, 4.69) is 14.5 Å². The van der Waals surface area contributed by atoms with Crippen LogP contribution in [0.3, 0.4) is 0 Å². The van der Waals surface area contributed by atoms with Crippen LogP contribution >= 0.6 is 11.5 Å². The first-order chi connectivity index (χ1) is 13.6. The van der Waals surface area contributed by atoms with E-state index in [1.165, 1.54) is 23.4 Å². The minimum Gasteiger partial charge on any atom is -0.508 e. The fraction of sp³-hybridized carbons (Fsp3) is 0.111. The molecule has 2 heterocycles. The van der Waals surface area contributed by atoms with Crippen molar-refractivity contribution in [3.63, 3.8) is 0 Å². The topological polar surface area (TPSA) is 104 Å². The van der Waals surface area contributed by atoms with Crippen LogP contribution in [0.2, 0.25) is 0 Å². The van der Waals surface area contributed by atoms with Crippen molar-refractivity contribution in [3.8, 4) is 39.8 Å². The summed E-state index contributed by atoms with van der Waals surface area (Å²) in [5.41, 5.74) is 0.765. The van der Waals surface area contributed by atoms with Gasteiger partial charge in [-0.05, 0) is 24.3 Å². The molecule has 0 fully saturated rings. The third-order valence-electron chi connectivity index (χ3n) is 3.89. The predicted octanol–water partition coefficient (Wildman–Crippen LogP) is 2.60. The van der Waals surface area contributed by atoms with E-state index < -0.39 is 0 Å². The van der Waals surface area contributed by atoms with Crippen molar-refractivity contribution in [3.05, 3.63) is 59.0 Å². The highest BCUT2D eigenvalue weighted by Crippen LogP contribution is 2.32. The van der Waals surface area contributed by atoms with Gasteiger partial charge in [-0.2, -0.15) is 9.36 Å². The Labute approximate surface area is 163 Å². The van der Waals surface area contributed by atoms with Crippen LogP contribution in [0, 0.1) is 0 Å². The van der Waals surface area contributed by atoms with Gasteiger partial charge in [0.25, 0.3) is 5.19 Å². The second kappa shape index (κ2) is 7.16. The number of rotatable bonds is 5. The maximum atomic E-state index is 12.5. The largest absolute Gasteiger partial charge is 0.508 e. The lowest BCUT2D eigenvalue weighted by molar-refractivity contribution is 0.367.